The van der Waals surface area contributed by atoms with Gasteiger partial charge in [0.25, 0.3) is 5.91 Å². The van der Waals surface area contributed by atoms with E-state index in [9.17, 15) is 9.90 Å². The lowest BCUT2D eigenvalue weighted by atomic mass is 9.99. The summed E-state index contributed by atoms with van der Waals surface area (Å²) in [5.74, 6) is 0.285. The molecule has 3 rings (SSSR count). The second-order valence-corrected chi connectivity index (χ2v) is 7.50. The first-order chi connectivity index (χ1) is 10.9. The number of amides is 1. The van der Waals surface area contributed by atoms with E-state index in [4.69, 9.17) is 0 Å². The number of carbonyl (C=O) groups excluding carboxylic acids is 1. The summed E-state index contributed by atoms with van der Waals surface area (Å²) in [7, 11) is 0. The number of thiophene rings is 1. The van der Waals surface area contributed by atoms with Crippen molar-refractivity contribution < 1.29 is 9.90 Å². The van der Waals surface area contributed by atoms with Crippen LogP contribution < -0.4 is 5.32 Å². The van der Waals surface area contributed by atoms with Crippen molar-refractivity contribution in [2.24, 2.45) is 0 Å². The van der Waals surface area contributed by atoms with Crippen molar-refractivity contribution in [3.05, 3.63) is 39.8 Å². The molecule has 1 saturated carbocycles. The predicted octanol–water partition coefficient (Wildman–Crippen LogP) is 3.04. The molecule has 0 saturated heterocycles. The summed E-state index contributed by atoms with van der Waals surface area (Å²) in [5.41, 5.74) is 1.43. The highest BCUT2D eigenvalue weighted by Crippen LogP contribution is 2.42. The van der Waals surface area contributed by atoms with Crippen molar-refractivity contribution in [2.45, 2.75) is 51.2 Å². The first-order valence-corrected chi connectivity index (χ1v) is 8.95. The van der Waals surface area contributed by atoms with Gasteiger partial charge in [-0.05, 0) is 56.0 Å². The standard InChI is InChI=1S/C17H23N3O2S/c1-11(2)20-15(12-4-5-12)14(8-19-20)16(21)18-10-17(3,22)13-6-7-23-9-13/h6-9,11-12,22H,4-5,10H2,1-3H3,(H,18,21). The van der Waals surface area contributed by atoms with E-state index in [1.54, 1.807) is 13.1 Å². The zero-order chi connectivity index (χ0) is 16.6. The van der Waals surface area contributed by atoms with Gasteiger partial charge in [-0.15, -0.1) is 0 Å². The van der Waals surface area contributed by atoms with Gasteiger partial charge in [-0.1, -0.05) is 0 Å². The molecule has 5 nitrogen and oxygen atoms in total. The SMILES string of the molecule is CC(C)n1ncc(C(=O)NCC(C)(O)c2ccsc2)c1C1CC1. The lowest BCUT2D eigenvalue weighted by molar-refractivity contribution is 0.0529. The predicted molar refractivity (Wildman–Crippen MR) is 90.8 cm³/mol. The molecular formula is C17H23N3O2S. The minimum Gasteiger partial charge on any atom is -0.384 e. The van der Waals surface area contributed by atoms with Crippen LogP contribution in [-0.2, 0) is 5.60 Å². The van der Waals surface area contributed by atoms with Crippen molar-refractivity contribution in [1.82, 2.24) is 15.1 Å². The van der Waals surface area contributed by atoms with E-state index in [1.165, 1.54) is 11.3 Å². The summed E-state index contributed by atoms with van der Waals surface area (Å²) in [6.07, 6.45) is 3.89. The Morgan fingerprint density at radius 3 is 2.87 bits per heavy atom. The van der Waals surface area contributed by atoms with Crippen molar-refractivity contribution in [2.75, 3.05) is 6.54 Å². The Bertz CT molecular complexity index is 685. The fraction of sp³-hybridized carbons (Fsp3) is 0.529. The van der Waals surface area contributed by atoms with Gasteiger partial charge in [0.15, 0.2) is 0 Å². The Kier molecular flexibility index (Phi) is 4.29. The molecule has 0 spiro atoms. The quantitative estimate of drug-likeness (QED) is 0.854. The van der Waals surface area contributed by atoms with Crippen molar-refractivity contribution >= 4 is 17.2 Å². The van der Waals surface area contributed by atoms with Crippen LogP contribution in [0.15, 0.2) is 23.0 Å². The molecule has 1 aliphatic rings. The van der Waals surface area contributed by atoms with Crippen LogP contribution in [0.3, 0.4) is 0 Å². The summed E-state index contributed by atoms with van der Waals surface area (Å²) >= 11 is 1.53. The van der Waals surface area contributed by atoms with E-state index < -0.39 is 5.60 Å². The molecular weight excluding hydrogens is 310 g/mol. The van der Waals surface area contributed by atoms with Crippen LogP contribution in [0.2, 0.25) is 0 Å². The molecule has 0 radical (unpaired) electrons. The molecule has 1 aliphatic carbocycles. The van der Waals surface area contributed by atoms with Crippen LogP contribution in [0.1, 0.15) is 67.2 Å². The molecule has 2 aromatic rings. The van der Waals surface area contributed by atoms with Gasteiger partial charge in [0.05, 0.1) is 24.0 Å². The minimum absolute atomic E-state index is 0.158. The van der Waals surface area contributed by atoms with E-state index in [2.05, 4.69) is 24.3 Å². The Balaban J connectivity index is 1.74. The molecule has 0 aliphatic heterocycles. The number of aromatic nitrogens is 2. The molecule has 1 atom stereocenters. The molecule has 23 heavy (non-hydrogen) atoms. The van der Waals surface area contributed by atoms with Gasteiger partial charge in [-0.3, -0.25) is 9.48 Å². The molecule has 2 aromatic heterocycles. The van der Waals surface area contributed by atoms with Crippen LogP contribution >= 0.6 is 11.3 Å². The highest BCUT2D eigenvalue weighted by Gasteiger charge is 2.33. The van der Waals surface area contributed by atoms with Crippen LogP contribution in [0.4, 0.5) is 0 Å². The fourth-order valence-corrected chi connectivity index (χ4v) is 3.53. The minimum atomic E-state index is -1.07. The number of rotatable bonds is 6. The molecule has 1 fully saturated rings. The maximum absolute atomic E-state index is 12.6. The molecule has 1 unspecified atom stereocenters. The van der Waals surface area contributed by atoms with Gasteiger partial charge in [-0.2, -0.15) is 16.4 Å². The van der Waals surface area contributed by atoms with Gasteiger partial charge in [-0.25, -0.2) is 0 Å². The highest BCUT2D eigenvalue weighted by molar-refractivity contribution is 7.08. The van der Waals surface area contributed by atoms with E-state index in [1.807, 2.05) is 21.5 Å². The monoisotopic (exact) mass is 333 g/mol. The van der Waals surface area contributed by atoms with Crippen molar-refractivity contribution in [3.8, 4) is 0 Å². The maximum atomic E-state index is 12.6. The van der Waals surface area contributed by atoms with Gasteiger partial charge >= 0.3 is 0 Å². The van der Waals surface area contributed by atoms with Gasteiger partial charge in [0.1, 0.15) is 5.60 Å². The summed E-state index contributed by atoms with van der Waals surface area (Å²) in [6, 6.07) is 2.12. The zero-order valence-corrected chi connectivity index (χ0v) is 14.6. The summed E-state index contributed by atoms with van der Waals surface area (Å²) < 4.78 is 1.95. The normalized spacial score (nSPS) is 17.3. The number of carbonyl (C=O) groups is 1. The van der Waals surface area contributed by atoms with Crippen LogP contribution in [0.5, 0.6) is 0 Å². The van der Waals surface area contributed by atoms with Gasteiger partial charge in [0, 0.05) is 12.0 Å². The third-order valence-electron chi connectivity index (χ3n) is 4.27. The molecule has 6 heteroatoms. The summed E-state index contributed by atoms with van der Waals surface area (Å²) in [6.45, 7) is 6.04. The molecule has 2 heterocycles. The van der Waals surface area contributed by atoms with Crippen LogP contribution in [0.25, 0.3) is 0 Å². The average Bonchev–Trinajstić information content (AvgIpc) is 3.04. The third-order valence-corrected chi connectivity index (χ3v) is 4.95. The second-order valence-electron chi connectivity index (χ2n) is 6.72. The zero-order valence-electron chi connectivity index (χ0n) is 13.7. The molecule has 0 bridgehead atoms. The molecule has 124 valence electrons. The number of hydrogen-bond acceptors (Lipinski definition) is 4. The fourth-order valence-electron chi connectivity index (χ4n) is 2.74. The Hall–Kier alpha value is -1.66. The highest BCUT2D eigenvalue weighted by atomic mass is 32.1. The van der Waals surface area contributed by atoms with E-state index in [0.717, 1.165) is 24.1 Å². The van der Waals surface area contributed by atoms with Crippen molar-refractivity contribution in [1.29, 1.82) is 0 Å². The lowest BCUT2D eigenvalue weighted by Crippen LogP contribution is -2.38. The van der Waals surface area contributed by atoms with Gasteiger partial charge in [0.2, 0.25) is 0 Å². The Morgan fingerprint density at radius 1 is 1.57 bits per heavy atom. The number of aliphatic hydroxyl groups is 1. The Labute approximate surface area is 140 Å². The molecule has 0 aromatic carbocycles. The first-order valence-electron chi connectivity index (χ1n) is 8.01. The largest absolute Gasteiger partial charge is 0.384 e. The topological polar surface area (TPSA) is 67.2 Å². The molecule has 1 amide bonds. The van der Waals surface area contributed by atoms with Gasteiger partial charge < -0.3 is 10.4 Å². The van der Waals surface area contributed by atoms with E-state index in [0.29, 0.717) is 11.5 Å². The smallest absolute Gasteiger partial charge is 0.254 e. The maximum Gasteiger partial charge on any atom is 0.254 e. The Morgan fingerprint density at radius 2 is 2.30 bits per heavy atom. The third kappa shape index (κ3) is 3.33. The summed E-state index contributed by atoms with van der Waals surface area (Å²) in [5, 5.41) is 21.6. The lowest BCUT2D eigenvalue weighted by Gasteiger charge is -2.23. The number of nitrogens with zero attached hydrogens (tertiary/aromatic N) is 2. The number of hydrogen-bond donors (Lipinski definition) is 2. The summed E-state index contributed by atoms with van der Waals surface area (Å²) in [4.78, 5) is 12.6. The van der Waals surface area contributed by atoms with Crippen LogP contribution in [0, 0.1) is 0 Å². The molecule has 2 N–H and O–H groups in total. The second kappa shape index (κ2) is 6.09. The van der Waals surface area contributed by atoms with Crippen LogP contribution in [-0.4, -0.2) is 27.3 Å². The van der Waals surface area contributed by atoms with E-state index >= 15 is 0 Å². The average molecular weight is 333 g/mol. The first kappa shape index (κ1) is 16.2. The van der Waals surface area contributed by atoms with Crippen molar-refractivity contribution in [3.63, 3.8) is 0 Å². The van der Waals surface area contributed by atoms with E-state index in [-0.39, 0.29) is 18.5 Å². The number of nitrogens with one attached hydrogen (secondary N) is 1.